The Balaban J connectivity index is 0.00000289. The Hall–Kier alpha value is -1.98. The molecule has 1 aliphatic heterocycles. The number of hydrogen-bond acceptors (Lipinski definition) is 5. The summed E-state index contributed by atoms with van der Waals surface area (Å²) >= 11 is 1.75. The van der Waals surface area contributed by atoms with Crippen molar-refractivity contribution in [1.82, 2.24) is 30.3 Å². The van der Waals surface area contributed by atoms with Crippen LogP contribution in [-0.2, 0) is 26.7 Å². The maximum Gasteiger partial charge on any atom is 0.192 e. The number of aliphatic imine (C=N–C) groups is 1. The minimum absolute atomic E-state index is 0. The van der Waals surface area contributed by atoms with Gasteiger partial charge in [0, 0.05) is 31.1 Å². The van der Waals surface area contributed by atoms with E-state index in [1.54, 1.807) is 11.3 Å². The lowest BCUT2D eigenvalue weighted by Crippen LogP contribution is -2.44. The van der Waals surface area contributed by atoms with Crippen molar-refractivity contribution in [1.29, 1.82) is 0 Å². The fraction of sp³-hybridized carbons (Fsp3) is 0.435. The van der Waals surface area contributed by atoms with E-state index in [1.165, 1.54) is 23.3 Å². The zero-order chi connectivity index (χ0) is 21.5. The molecule has 172 valence electrons. The van der Waals surface area contributed by atoms with Gasteiger partial charge in [-0.2, -0.15) is 0 Å². The van der Waals surface area contributed by atoms with Gasteiger partial charge in [-0.1, -0.05) is 36.4 Å². The number of hydrogen-bond donors (Lipinski definition) is 2. The van der Waals surface area contributed by atoms with Crippen molar-refractivity contribution in [3.05, 3.63) is 69.9 Å². The van der Waals surface area contributed by atoms with E-state index in [1.807, 2.05) is 18.5 Å². The number of rotatable bonds is 8. The van der Waals surface area contributed by atoms with Gasteiger partial charge in [0.25, 0.3) is 0 Å². The summed E-state index contributed by atoms with van der Waals surface area (Å²) in [5.74, 6) is 2.58. The maximum absolute atomic E-state index is 4.79. The van der Waals surface area contributed by atoms with Crippen LogP contribution >= 0.6 is 35.3 Å². The average molecular weight is 566 g/mol. The second-order valence-electron chi connectivity index (χ2n) is 7.95. The second kappa shape index (κ2) is 12.3. The van der Waals surface area contributed by atoms with Crippen LogP contribution in [0, 0.1) is 6.92 Å². The van der Waals surface area contributed by atoms with Crippen molar-refractivity contribution in [3.63, 3.8) is 0 Å². The maximum atomic E-state index is 4.79. The van der Waals surface area contributed by atoms with Crippen molar-refractivity contribution in [2.24, 2.45) is 12.0 Å². The van der Waals surface area contributed by atoms with E-state index < -0.39 is 0 Å². The summed E-state index contributed by atoms with van der Waals surface area (Å²) in [7, 11) is 1.98. The average Bonchev–Trinajstić information content (AvgIpc) is 3.53. The Morgan fingerprint density at radius 3 is 2.72 bits per heavy atom. The molecule has 0 radical (unpaired) electrons. The molecule has 4 rings (SSSR count). The summed E-state index contributed by atoms with van der Waals surface area (Å²) < 4.78 is 1.99. The van der Waals surface area contributed by atoms with Crippen LogP contribution in [0.25, 0.3) is 0 Å². The largest absolute Gasteiger partial charge is 0.355 e. The molecule has 0 saturated carbocycles. The highest BCUT2D eigenvalue weighted by molar-refractivity contribution is 14.0. The zero-order valence-corrected chi connectivity index (χ0v) is 21.8. The minimum atomic E-state index is 0. The molecule has 1 atom stereocenters. The van der Waals surface area contributed by atoms with Gasteiger partial charge >= 0.3 is 0 Å². The normalized spacial score (nSPS) is 16.7. The summed E-state index contributed by atoms with van der Waals surface area (Å²) in [6.45, 7) is 6.24. The number of thiophene rings is 1. The lowest BCUT2D eigenvalue weighted by atomic mass is 10.2. The van der Waals surface area contributed by atoms with Gasteiger partial charge in [0.1, 0.15) is 12.4 Å². The highest BCUT2D eigenvalue weighted by atomic mass is 127. The van der Waals surface area contributed by atoms with Crippen molar-refractivity contribution in [2.75, 3.05) is 13.1 Å². The first-order valence-electron chi connectivity index (χ1n) is 10.9. The van der Waals surface area contributed by atoms with Crippen LogP contribution in [0.5, 0.6) is 0 Å². The van der Waals surface area contributed by atoms with Crippen molar-refractivity contribution >= 4 is 41.3 Å². The van der Waals surface area contributed by atoms with Crippen LogP contribution in [0.4, 0.5) is 0 Å². The number of guanidine groups is 1. The van der Waals surface area contributed by atoms with E-state index >= 15 is 0 Å². The third-order valence-electron chi connectivity index (χ3n) is 5.80. The van der Waals surface area contributed by atoms with Gasteiger partial charge in [0.2, 0.25) is 0 Å². The predicted octanol–water partition coefficient (Wildman–Crippen LogP) is 3.70. The third kappa shape index (κ3) is 6.76. The fourth-order valence-corrected chi connectivity index (χ4v) is 4.51. The molecule has 1 unspecified atom stereocenters. The Morgan fingerprint density at radius 2 is 2.00 bits per heavy atom. The summed E-state index contributed by atoms with van der Waals surface area (Å²) in [4.78, 5) is 8.66. The summed E-state index contributed by atoms with van der Waals surface area (Å²) in [5.41, 5.74) is 1.37. The minimum Gasteiger partial charge on any atom is -0.355 e. The lowest BCUT2D eigenvalue weighted by Gasteiger charge is -2.25. The highest BCUT2D eigenvalue weighted by Gasteiger charge is 2.24. The van der Waals surface area contributed by atoms with E-state index in [-0.39, 0.29) is 24.0 Å². The Morgan fingerprint density at radius 1 is 1.16 bits per heavy atom. The second-order valence-corrected chi connectivity index (χ2v) is 8.99. The molecule has 2 N–H and O–H groups in total. The molecule has 1 aliphatic rings. The van der Waals surface area contributed by atoms with Crippen molar-refractivity contribution in [3.8, 4) is 0 Å². The van der Waals surface area contributed by atoms with Gasteiger partial charge < -0.3 is 15.2 Å². The van der Waals surface area contributed by atoms with Gasteiger partial charge in [0.05, 0.1) is 6.54 Å². The molecular weight excluding hydrogens is 533 g/mol. The highest BCUT2D eigenvalue weighted by Crippen LogP contribution is 2.19. The monoisotopic (exact) mass is 565 g/mol. The van der Waals surface area contributed by atoms with Crippen molar-refractivity contribution in [2.45, 2.75) is 45.4 Å². The third-order valence-corrected chi connectivity index (χ3v) is 6.68. The first-order valence-corrected chi connectivity index (χ1v) is 11.7. The first-order chi connectivity index (χ1) is 15.2. The molecule has 0 spiro atoms. The molecule has 1 aromatic carbocycles. The van der Waals surface area contributed by atoms with Gasteiger partial charge in [-0.15, -0.1) is 45.5 Å². The molecule has 32 heavy (non-hydrogen) atoms. The molecule has 1 saturated heterocycles. The van der Waals surface area contributed by atoms with Gasteiger partial charge in [-0.05, 0) is 43.3 Å². The number of aryl methyl sites for hydroxylation is 1. The quantitative estimate of drug-likeness (QED) is 0.248. The van der Waals surface area contributed by atoms with Crippen LogP contribution in [0.3, 0.4) is 0 Å². The van der Waals surface area contributed by atoms with E-state index in [4.69, 9.17) is 4.99 Å². The number of aromatic nitrogens is 3. The molecule has 1 fully saturated rings. The molecule has 0 amide bonds. The first kappa shape index (κ1) is 24.7. The number of nitrogens with zero attached hydrogens (tertiary/aromatic N) is 5. The Kier molecular flexibility index (Phi) is 9.49. The Labute approximate surface area is 211 Å². The zero-order valence-electron chi connectivity index (χ0n) is 18.7. The van der Waals surface area contributed by atoms with E-state index in [0.717, 1.165) is 43.8 Å². The Bertz CT molecular complexity index is 972. The number of benzene rings is 1. The van der Waals surface area contributed by atoms with E-state index in [2.05, 4.69) is 73.6 Å². The SMILES string of the molecule is Cc1nnc(CN=C(NCc2cccs2)NCC2CCCN2Cc2ccccc2)n1C.I. The van der Waals surface area contributed by atoms with Crippen LogP contribution in [0.1, 0.15) is 34.9 Å². The van der Waals surface area contributed by atoms with Gasteiger partial charge in [-0.25, -0.2) is 4.99 Å². The van der Waals surface area contributed by atoms with Crippen LogP contribution in [0.2, 0.25) is 0 Å². The molecule has 0 bridgehead atoms. The summed E-state index contributed by atoms with van der Waals surface area (Å²) in [5, 5.41) is 17.5. The van der Waals surface area contributed by atoms with Gasteiger partial charge in [-0.3, -0.25) is 4.90 Å². The van der Waals surface area contributed by atoms with E-state index in [0.29, 0.717) is 12.6 Å². The predicted molar refractivity (Wildman–Crippen MR) is 141 cm³/mol. The lowest BCUT2D eigenvalue weighted by molar-refractivity contribution is 0.245. The smallest absolute Gasteiger partial charge is 0.192 e. The van der Waals surface area contributed by atoms with Crippen LogP contribution in [-0.4, -0.2) is 44.8 Å². The molecule has 0 aliphatic carbocycles. The van der Waals surface area contributed by atoms with Crippen LogP contribution < -0.4 is 10.6 Å². The van der Waals surface area contributed by atoms with Gasteiger partial charge in [0.15, 0.2) is 11.8 Å². The molecule has 3 aromatic rings. The summed E-state index contributed by atoms with van der Waals surface area (Å²) in [6.07, 6.45) is 2.45. The molecular formula is C23H32IN7S. The molecule has 9 heteroatoms. The van der Waals surface area contributed by atoms with Crippen molar-refractivity contribution < 1.29 is 0 Å². The fourth-order valence-electron chi connectivity index (χ4n) is 3.86. The number of nitrogens with one attached hydrogen (secondary N) is 2. The molecule has 3 heterocycles. The van der Waals surface area contributed by atoms with Crippen LogP contribution in [0.15, 0.2) is 52.8 Å². The molecule has 7 nitrogen and oxygen atoms in total. The molecule has 2 aromatic heterocycles. The standard InChI is InChI=1S/C23H31N7S.HI/c1-18-27-28-22(29(18)2)16-26-23(25-15-21-11-7-13-31-21)24-14-20-10-6-12-30(20)17-19-8-4-3-5-9-19;/h3-5,7-9,11,13,20H,6,10,12,14-17H2,1-2H3,(H2,24,25,26);1H. The summed E-state index contributed by atoms with van der Waals surface area (Å²) in [6, 6.07) is 15.5. The number of likely N-dealkylation sites (tertiary alicyclic amines) is 1. The van der Waals surface area contributed by atoms with E-state index in [9.17, 15) is 0 Å². The topological polar surface area (TPSA) is 70.4 Å². The number of halogens is 1.